The summed E-state index contributed by atoms with van der Waals surface area (Å²) in [5.41, 5.74) is 0.734. The van der Waals surface area contributed by atoms with Crippen molar-refractivity contribution < 1.29 is 4.79 Å². The lowest BCUT2D eigenvalue weighted by molar-refractivity contribution is 0.112. The smallest absolute Gasteiger partial charge is 0.150 e. The minimum absolute atomic E-state index is 0.734. The zero-order valence-electron chi connectivity index (χ0n) is 8.35. The Hall–Kier alpha value is -0.580. The molecule has 0 saturated heterocycles. The topological polar surface area (TPSA) is 17.1 Å². The van der Waals surface area contributed by atoms with E-state index < -0.39 is 0 Å². The van der Waals surface area contributed by atoms with Crippen LogP contribution in [0.4, 0.5) is 0 Å². The number of hydrogen-bond acceptors (Lipinski definition) is 3. The molecule has 0 aliphatic heterocycles. The lowest BCUT2D eigenvalue weighted by atomic mass is 10.2. The van der Waals surface area contributed by atoms with Crippen molar-refractivity contribution in [2.24, 2.45) is 0 Å². The van der Waals surface area contributed by atoms with Crippen LogP contribution in [0.2, 0.25) is 0 Å². The minimum Gasteiger partial charge on any atom is -0.298 e. The van der Waals surface area contributed by atoms with Gasteiger partial charge in [0.05, 0.1) is 3.79 Å². The van der Waals surface area contributed by atoms with Gasteiger partial charge in [0.1, 0.15) is 6.29 Å². The van der Waals surface area contributed by atoms with E-state index in [9.17, 15) is 4.79 Å². The number of aldehydes is 1. The molecule has 2 rings (SSSR count). The van der Waals surface area contributed by atoms with Crippen LogP contribution < -0.4 is 0 Å². The fourth-order valence-corrected chi connectivity index (χ4v) is 3.75. The second kappa shape index (κ2) is 5.66. The van der Waals surface area contributed by atoms with Gasteiger partial charge >= 0.3 is 0 Å². The van der Waals surface area contributed by atoms with E-state index in [4.69, 9.17) is 0 Å². The highest BCUT2D eigenvalue weighted by Crippen LogP contribution is 2.29. The summed E-state index contributed by atoms with van der Waals surface area (Å²) in [6.07, 6.45) is 0.881. The van der Waals surface area contributed by atoms with E-state index in [2.05, 4.69) is 28.1 Å². The number of hydrogen-bond donors (Lipinski definition) is 0. The molecule has 1 aromatic carbocycles. The summed E-state index contributed by atoms with van der Waals surface area (Å²) in [5, 5.41) is 0. The molecular formula is C12H9BrOS2. The van der Waals surface area contributed by atoms with Crippen LogP contribution in [0.3, 0.4) is 0 Å². The maximum absolute atomic E-state index is 10.6. The molecule has 0 spiro atoms. The quantitative estimate of drug-likeness (QED) is 0.605. The van der Waals surface area contributed by atoms with Crippen molar-refractivity contribution >= 4 is 45.3 Å². The Kier molecular flexibility index (Phi) is 4.21. The minimum atomic E-state index is 0.734. The average molecular weight is 313 g/mol. The van der Waals surface area contributed by atoms with E-state index in [-0.39, 0.29) is 0 Å². The van der Waals surface area contributed by atoms with E-state index in [1.54, 1.807) is 23.1 Å². The van der Waals surface area contributed by atoms with Gasteiger partial charge in [-0.15, -0.1) is 23.1 Å². The Labute approximate surface area is 111 Å². The first-order valence-corrected chi connectivity index (χ1v) is 7.30. The summed E-state index contributed by atoms with van der Waals surface area (Å²) in [6, 6.07) is 11.9. The SMILES string of the molecule is O=Cc1cccc(SCc2ccc(Br)s2)c1. The van der Waals surface area contributed by atoms with E-state index in [1.165, 1.54) is 4.88 Å². The lowest BCUT2D eigenvalue weighted by Gasteiger charge is -2.00. The molecule has 16 heavy (non-hydrogen) atoms. The molecule has 0 saturated carbocycles. The van der Waals surface area contributed by atoms with Gasteiger partial charge in [-0.1, -0.05) is 12.1 Å². The third-order valence-corrected chi connectivity index (χ3v) is 4.85. The maximum atomic E-state index is 10.6. The zero-order valence-corrected chi connectivity index (χ0v) is 11.6. The van der Waals surface area contributed by atoms with Gasteiger partial charge in [0.25, 0.3) is 0 Å². The summed E-state index contributed by atoms with van der Waals surface area (Å²) in [7, 11) is 0. The number of thiophene rings is 1. The Morgan fingerprint density at radius 3 is 2.88 bits per heavy atom. The summed E-state index contributed by atoms with van der Waals surface area (Å²) in [5.74, 6) is 0.943. The van der Waals surface area contributed by atoms with E-state index in [0.29, 0.717) is 0 Å². The monoisotopic (exact) mass is 312 g/mol. The first-order chi connectivity index (χ1) is 7.78. The van der Waals surface area contributed by atoms with Crippen LogP contribution in [0.25, 0.3) is 0 Å². The van der Waals surface area contributed by atoms with E-state index in [0.717, 1.165) is 26.3 Å². The fourth-order valence-electron chi connectivity index (χ4n) is 1.26. The first kappa shape index (κ1) is 11.9. The second-order valence-electron chi connectivity index (χ2n) is 3.18. The number of rotatable bonds is 4. The van der Waals surface area contributed by atoms with Crippen molar-refractivity contribution in [3.8, 4) is 0 Å². The summed E-state index contributed by atoms with van der Waals surface area (Å²) >= 11 is 6.93. The van der Waals surface area contributed by atoms with Gasteiger partial charge in [-0.3, -0.25) is 4.79 Å². The van der Waals surface area contributed by atoms with Gasteiger partial charge in [-0.05, 0) is 40.2 Å². The first-order valence-electron chi connectivity index (χ1n) is 4.70. The van der Waals surface area contributed by atoms with Gasteiger partial charge in [-0.2, -0.15) is 0 Å². The third kappa shape index (κ3) is 3.20. The van der Waals surface area contributed by atoms with Crippen molar-refractivity contribution in [1.82, 2.24) is 0 Å². The summed E-state index contributed by atoms with van der Waals surface area (Å²) < 4.78 is 1.16. The molecule has 0 aliphatic rings. The van der Waals surface area contributed by atoms with Gasteiger partial charge in [-0.25, -0.2) is 0 Å². The Morgan fingerprint density at radius 1 is 1.31 bits per heavy atom. The number of benzene rings is 1. The molecule has 0 atom stereocenters. The average Bonchev–Trinajstić information content (AvgIpc) is 2.73. The lowest BCUT2D eigenvalue weighted by Crippen LogP contribution is -1.80. The fraction of sp³-hybridized carbons (Fsp3) is 0.0833. The van der Waals surface area contributed by atoms with Crippen LogP contribution in [0.5, 0.6) is 0 Å². The molecule has 1 aromatic heterocycles. The van der Waals surface area contributed by atoms with Gasteiger partial charge in [0, 0.05) is 21.1 Å². The Balaban J connectivity index is 2.01. The predicted molar refractivity (Wildman–Crippen MR) is 73.4 cm³/mol. The van der Waals surface area contributed by atoms with Crippen molar-refractivity contribution in [3.63, 3.8) is 0 Å². The number of halogens is 1. The largest absolute Gasteiger partial charge is 0.298 e. The molecule has 82 valence electrons. The van der Waals surface area contributed by atoms with Crippen LogP contribution in [0, 0.1) is 0 Å². The van der Waals surface area contributed by atoms with Crippen molar-refractivity contribution in [2.75, 3.05) is 0 Å². The highest BCUT2D eigenvalue weighted by atomic mass is 79.9. The van der Waals surface area contributed by atoms with Crippen molar-refractivity contribution in [1.29, 1.82) is 0 Å². The second-order valence-corrected chi connectivity index (χ2v) is 6.78. The number of thioether (sulfide) groups is 1. The maximum Gasteiger partial charge on any atom is 0.150 e. The van der Waals surface area contributed by atoms with E-state index in [1.807, 2.05) is 24.3 Å². The summed E-state index contributed by atoms with van der Waals surface area (Å²) in [4.78, 5) is 13.1. The molecule has 0 radical (unpaired) electrons. The zero-order chi connectivity index (χ0) is 11.4. The molecule has 0 unspecified atom stereocenters. The molecule has 0 aliphatic carbocycles. The van der Waals surface area contributed by atoms with Gasteiger partial charge < -0.3 is 0 Å². The number of carbonyl (C=O) groups excluding carboxylic acids is 1. The highest BCUT2D eigenvalue weighted by molar-refractivity contribution is 9.11. The molecule has 4 heteroatoms. The molecule has 2 aromatic rings. The molecule has 1 nitrogen and oxygen atoms in total. The molecule has 1 heterocycles. The molecule has 0 fully saturated rings. The Morgan fingerprint density at radius 2 is 2.19 bits per heavy atom. The van der Waals surface area contributed by atoms with E-state index >= 15 is 0 Å². The van der Waals surface area contributed by atoms with Crippen LogP contribution in [-0.2, 0) is 5.75 Å². The molecule has 0 amide bonds. The van der Waals surface area contributed by atoms with Gasteiger partial charge in [0.2, 0.25) is 0 Å². The third-order valence-electron chi connectivity index (χ3n) is 2.00. The van der Waals surface area contributed by atoms with Crippen LogP contribution in [-0.4, -0.2) is 6.29 Å². The predicted octanol–water partition coefficient (Wildman–Crippen LogP) is 4.62. The Bertz CT molecular complexity index is 493. The van der Waals surface area contributed by atoms with Crippen molar-refractivity contribution in [3.05, 3.63) is 50.6 Å². The van der Waals surface area contributed by atoms with Crippen LogP contribution in [0.1, 0.15) is 15.2 Å². The van der Waals surface area contributed by atoms with Crippen molar-refractivity contribution in [2.45, 2.75) is 10.6 Å². The van der Waals surface area contributed by atoms with Gasteiger partial charge in [0.15, 0.2) is 0 Å². The van der Waals surface area contributed by atoms with Crippen LogP contribution >= 0.6 is 39.0 Å². The highest BCUT2D eigenvalue weighted by Gasteiger charge is 2.00. The summed E-state index contributed by atoms with van der Waals surface area (Å²) in [6.45, 7) is 0. The molecule has 0 N–H and O–H groups in total. The standard InChI is InChI=1S/C12H9BrOS2/c13-12-5-4-11(16-12)8-15-10-3-1-2-9(6-10)7-14/h1-7H,8H2. The number of carbonyl (C=O) groups is 1. The normalized spacial score (nSPS) is 10.3. The molecular weight excluding hydrogens is 304 g/mol. The van der Waals surface area contributed by atoms with Crippen LogP contribution in [0.15, 0.2) is 45.1 Å². The molecule has 0 bridgehead atoms.